The molecule has 0 amide bonds. The van der Waals surface area contributed by atoms with Crippen LogP contribution < -0.4 is 0 Å². The number of nitrogens with zero attached hydrogens (tertiary/aromatic N) is 4. The van der Waals surface area contributed by atoms with Gasteiger partial charge in [-0.3, -0.25) is 30.3 Å². The number of hydroxylamine groups is 3. The van der Waals surface area contributed by atoms with E-state index in [0.29, 0.717) is 12.1 Å². The van der Waals surface area contributed by atoms with Crippen molar-refractivity contribution in [3.8, 4) is 5.75 Å². The predicted octanol–water partition coefficient (Wildman–Crippen LogP) is 0.720. The summed E-state index contributed by atoms with van der Waals surface area (Å²) in [7, 11) is 1.67. The van der Waals surface area contributed by atoms with Gasteiger partial charge in [-0.2, -0.15) is 0 Å². The quantitative estimate of drug-likeness (QED) is 0.315. The first kappa shape index (κ1) is 19.8. The predicted molar refractivity (Wildman–Crippen MR) is 89.1 cm³/mol. The Balaban J connectivity index is 0.000000166. The number of aromatic hydroxyl groups is 1. The molecule has 6 unspecified atom stereocenters. The Morgan fingerprint density at radius 2 is 1.54 bits per heavy atom. The summed E-state index contributed by atoms with van der Waals surface area (Å²) in [6.07, 6.45) is 1.16. The second-order valence-corrected chi connectivity index (χ2v) is 6.98. The summed E-state index contributed by atoms with van der Waals surface area (Å²) in [5.41, 5.74) is -3.00. The lowest BCUT2D eigenvalue weighted by atomic mass is 10.00. The molecule has 4 fully saturated rings. The van der Waals surface area contributed by atoms with E-state index in [4.69, 9.17) is 9.84 Å². The first-order valence-corrected chi connectivity index (χ1v) is 8.15. The smallest absolute Gasteiger partial charge is 0.324 e. The van der Waals surface area contributed by atoms with Gasteiger partial charge in [0.1, 0.15) is 24.3 Å². The van der Waals surface area contributed by atoms with Gasteiger partial charge in [0, 0.05) is 12.8 Å². The molecule has 4 aliphatic rings. The minimum absolute atomic E-state index is 0.00347. The van der Waals surface area contributed by atoms with Gasteiger partial charge in [0.2, 0.25) is 0 Å². The maximum atomic E-state index is 12.0. The van der Waals surface area contributed by atoms with E-state index in [9.17, 15) is 40.7 Å². The van der Waals surface area contributed by atoms with Crippen molar-refractivity contribution in [3.63, 3.8) is 0 Å². The van der Waals surface area contributed by atoms with Gasteiger partial charge in [0.05, 0.1) is 40.1 Å². The third kappa shape index (κ3) is 3.01. The van der Waals surface area contributed by atoms with E-state index in [0.717, 1.165) is 12.8 Å². The third-order valence-electron chi connectivity index (χ3n) is 5.44. The summed E-state index contributed by atoms with van der Waals surface area (Å²) in [6.45, 7) is 0. The molecule has 2 N–H and O–H groups in total. The van der Waals surface area contributed by atoms with E-state index in [-0.39, 0.29) is 28.9 Å². The van der Waals surface area contributed by atoms with Crippen molar-refractivity contribution in [3.05, 3.63) is 47.7 Å². The molecule has 14 nitrogen and oxygen atoms in total. The van der Waals surface area contributed by atoms with Crippen molar-refractivity contribution in [1.82, 2.24) is 0 Å². The molecule has 14 heteroatoms. The summed E-state index contributed by atoms with van der Waals surface area (Å²) in [6, 6.07) is 0.779. The van der Waals surface area contributed by atoms with E-state index in [1.54, 1.807) is 7.05 Å². The molecule has 1 aromatic rings. The van der Waals surface area contributed by atoms with Gasteiger partial charge in [0.25, 0.3) is 11.4 Å². The Hall–Kier alpha value is -2.94. The Labute approximate surface area is 156 Å². The number of rotatable bonds is 3. The highest BCUT2D eigenvalue weighted by molar-refractivity contribution is 5.64. The third-order valence-corrected chi connectivity index (χ3v) is 5.44. The molecule has 4 bridgehead atoms. The molecule has 0 saturated carbocycles. The molecule has 0 aliphatic carbocycles. The van der Waals surface area contributed by atoms with E-state index in [2.05, 4.69) is 0 Å². The zero-order valence-corrected chi connectivity index (χ0v) is 14.4. The van der Waals surface area contributed by atoms with Crippen LogP contribution in [0.2, 0.25) is 0 Å². The zero-order chi connectivity index (χ0) is 21.0. The van der Waals surface area contributed by atoms with Crippen molar-refractivity contribution >= 4 is 17.1 Å². The standard InChI is InChI=1S/C8H13NO3.C6H3N3O7/c1-9(11)5-2-4-3-6(9)8(12-4)7(5)10;10-6-4(8(13)14)1-3(7(11)12)2-5(6)9(15)16/h4-8,10H,2-3H2,1H3;1-2,10H. The summed E-state index contributed by atoms with van der Waals surface area (Å²) in [5, 5.41) is 61.9. The van der Waals surface area contributed by atoms with Gasteiger partial charge >= 0.3 is 11.4 Å². The summed E-state index contributed by atoms with van der Waals surface area (Å²) >= 11 is 0. The first-order valence-electron chi connectivity index (χ1n) is 8.15. The van der Waals surface area contributed by atoms with E-state index >= 15 is 0 Å². The van der Waals surface area contributed by atoms with E-state index < -0.39 is 43.7 Å². The van der Waals surface area contributed by atoms with Crippen molar-refractivity contribution in [1.29, 1.82) is 0 Å². The van der Waals surface area contributed by atoms with Crippen molar-refractivity contribution < 1.29 is 34.4 Å². The molecule has 0 spiro atoms. The summed E-state index contributed by atoms with van der Waals surface area (Å²) in [4.78, 5) is 27.8. The lowest BCUT2D eigenvalue weighted by molar-refractivity contribution is -0.902. The van der Waals surface area contributed by atoms with Gasteiger partial charge in [-0.25, -0.2) is 0 Å². The molecule has 0 radical (unpaired) electrons. The van der Waals surface area contributed by atoms with Crippen molar-refractivity contribution in [2.45, 2.75) is 43.2 Å². The number of aliphatic hydroxyl groups excluding tert-OH is 1. The van der Waals surface area contributed by atoms with Crippen molar-refractivity contribution in [2.75, 3.05) is 7.05 Å². The first-order chi connectivity index (χ1) is 12.9. The minimum Gasteiger partial charge on any atom is -0.632 e. The lowest BCUT2D eigenvalue weighted by Crippen LogP contribution is -2.55. The van der Waals surface area contributed by atoms with Crippen LogP contribution in [0.4, 0.5) is 17.1 Å². The number of hydrogen-bond acceptors (Lipinski definition) is 10. The molecule has 5 rings (SSSR count). The topological polar surface area (TPSA) is 202 Å². The average molecular weight is 400 g/mol. The number of phenolic OH excluding ortho intramolecular Hbond substituents is 1. The molecular weight excluding hydrogens is 384 g/mol. The monoisotopic (exact) mass is 400 g/mol. The number of likely N-dealkylation sites (N-methyl/N-ethyl adjacent to an activating group) is 1. The van der Waals surface area contributed by atoms with E-state index in [1.165, 1.54) is 0 Å². The van der Waals surface area contributed by atoms with Gasteiger partial charge in [-0.15, -0.1) is 0 Å². The Kier molecular flexibility index (Phi) is 4.66. The number of nitro groups is 3. The largest absolute Gasteiger partial charge is 0.632 e. The highest BCUT2D eigenvalue weighted by atomic mass is 16.6. The number of phenols is 1. The van der Waals surface area contributed by atoms with Crippen LogP contribution >= 0.6 is 0 Å². The molecule has 4 aliphatic heterocycles. The maximum absolute atomic E-state index is 12.0. The van der Waals surface area contributed by atoms with Crippen LogP contribution in [0.5, 0.6) is 5.75 Å². The van der Waals surface area contributed by atoms with Gasteiger partial charge < -0.3 is 24.8 Å². The highest BCUT2D eigenvalue weighted by Gasteiger charge is 2.64. The van der Waals surface area contributed by atoms with E-state index in [1.807, 2.05) is 0 Å². The number of hydrogen-bond donors (Lipinski definition) is 2. The second kappa shape index (κ2) is 6.59. The van der Waals surface area contributed by atoms with Crippen LogP contribution in [-0.4, -0.2) is 67.1 Å². The normalized spacial score (nSPS) is 34.6. The Bertz CT molecular complexity index is 820. The average Bonchev–Trinajstić information content (AvgIpc) is 3.00. The van der Waals surface area contributed by atoms with Crippen LogP contribution in [0.1, 0.15) is 12.8 Å². The van der Waals surface area contributed by atoms with Crippen LogP contribution in [0.3, 0.4) is 0 Å². The number of non-ortho nitro benzene ring substituents is 1. The van der Waals surface area contributed by atoms with Crippen LogP contribution in [0.25, 0.3) is 0 Å². The molecule has 6 atom stereocenters. The van der Waals surface area contributed by atoms with Crippen LogP contribution in [-0.2, 0) is 4.74 Å². The fourth-order valence-corrected chi connectivity index (χ4v) is 4.09. The number of quaternary nitrogens is 1. The van der Waals surface area contributed by atoms with Gasteiger partial charge in [-0.1, -0.05) is 0 Å². The lowest BCUT2D eigenvalue weighted by Gasteiger charge is -2.48. The number of benzene rings is 1. The fraction of sp³-hybridized carbons (Fsp3) is 0.571. The molecule has 1 aromatic carbocycles. The van der Waals surface area contributed by atoms with Crippen LogP contribution in [0.15, 0.2) is 12.1 Å². The number of aliphatic hydroxyl groups is 1. The van der Waals surface area contributed by atoms with Gasteiger partial charge in [0.15, 0.2) is 0 Å². The molecule has 0 aromatic heterocycles. The number of nitro benzene ring substituents is 3. The SMILES string of the molecule is C[N+]1([O-])C2CC3CC1C(O3)C2O.O=[N+]([O-])c1cc([N+](=O)[O-])c(O)c([N+](=O)[O-])c1. The highest BCUT2D eigenvalue weighted by Crippen LogP contribution is 2.48. The molecule has 4 saturated heterocycles. The summed E-state index contributed by atoms with van der Waals surface area (Å²) < 4.78 is 5.26. The minimum atomic E-state index is -1.21. The zero-order valence-electron chi connectivity index (χ0n) is 14.4. The Morgan fingerprint density at radius 1 is 1.04 bits per heavy atom. The second-order valence-electron chi connectivity index (χ2n) is 6.98. The molecular formula is C14H16N4O10. The van der Waals surface area contributed by atoms with Gasteiger partial charge in [-0.05, 0) is 0 Å². The fourth-order valence-electron chi connectivity index (χ4n) is 4.09. The molecule has 4 heterocycles. The maximum Gasteiger partial charge on any atom is 0.324 e. The number of piperidine rings is 1. The molecule has 28 heavy (non-hydrogen) atoms. The Morgan fingerprint density at radius 3 is 1.93 bits per heavy atom. The summed E-state index contributed by atoms with van der Waals surface area (Å²) in [5.74, 6) is -1.21. The van der Waals surface area contributed by atoms with Crippen LogP contribution in [0, 0.1) is 35.6 Å². The number of ether oxygens (including phenoxy) is 1. The van der Waals surface area contributed by atoms with Crippen molar-refractivity contribution in [2.24, 2.45) is 0 Å². The molecule has 152 valence electrons.